The first kappa shape index (κ1) is 73.6. The fourth-order valence-corrected chi connectivity index (χ4v) is 12.7. The van der Waals surface area contributed by atoms with E-state index in [1.807, 2.05) is 0 Å². The number of esters is 1. The molecule has 1 saturated heterocycles. The van der Waals surface area contributed by atoms with E-state index in [2.05, 4.69) is 58.2 Å². The number of phenols is 2. The second-order valence-electron chi connectivity index (χ2n) is 22.4. The number of carboxylic acid groups (broad SMARTS) is 1. The van der Waals surface area contributed by atoms with Crippen LogP contribution in [0.15, 0.2) is 89.9 Å². The number of amides is 10. The number of nitrogens with two attached hydrogens (primary N) is 2. The average Bonchev–Trinajstić information content (AvgIpc) is 1.47. The van der Waals surface area contributed by atoms with Gasteiger partial charge in [0.05, 0.1) is 24.3 Å². The molecule has 4 aromatic carbocycles. The maximum absolute atomic E-state index is 14.6. The Bertz CT molecular complexity index is 3550. The minimum absolute atomic E-state index is 0.00703. The molecule has 17 N–H and O–H groups in total. The highest BCUT2D eigenvalue weighted by molar-refractivity contribution is 8.00. The van der Waals surface area contributed by atoms with E-state index in [0.717, 1.165) is 23.5 Å². The summed E-state index contributed by atoms with van der Waals surface area (Å²) in [6.45, 7) is 1.12. The lowest BCUT2D eigenvalue weighted by molar-refractivity contribution is -0.141. The molecule has 0 aromatic heterocycles. The van der Waals surface area contributed by atoms with E-state index in [-0.39, 0.29) is 115 Å². The Labute approximate surface area is 564 Å². The molecule has 1 unspecified atom stereocenters. The van der Waals surface area contributed by atoms with Gasteiger partial charge in [0, 0.05) is 77.7 Å². The molecule has 3 aliphatic rings. The number of aromatic hydroxyl groups is 2. The summed E-state index contributed by atoms with van der Waals surface area (Å²) in [5.41, 5.74) is 11.2. The number of nitrogens with zero attached hydrogens (tertiary/aromatic N) is 1. The van der Waals surface area contributed by atoms with E-state index >= 15 is 0 Å². The van der Waals surface area contributed by atoms with Crippen LogP contribution in [0.4, 0.5) is 0 Å². The fraction of sp³-hybridized carbons (Fsp3) is 0.413. The van der Waals surface area contributed by atoms with Gasteiger partial charge in [0.25, 0.3) is 5.91 Å². The van der Waals surface area contributed by atoms with Crippen LogP contribution in [0.1, 0.15) is 88.4 Å². The zero-order valence-corrected chi connectivity index (χ0v) is 55.1. The first-order valence-electron chi connectivity index (χ1n) is 30.5. The van der Waals surface area contributed by atoms with Crippen molar-refractivity contribution in [3.05, 3.63) is 118 Å². The van der Waals surface area contributed by atoms with Crippen LogP contribution >= 0.6 is 35.3 Å². The fourth-order valence-electron chi connectivity index (χ4n) is 10.7. The minimum atomic E-state index is -1.88. The summed E-state index contributed by atoms with van der Waals surface area (Å²) in [6, 6.07) is 11.3. The summed E-state index contributed by atoms with van der Waals surface area (Å²) >= 11 is 3.22. The van der Waals surface area contributed by atoms with E-state index in [1.54, 1.807) is 49.8 Å². The topological polar surface area (TPSA) is 469 Å². The van der Waals surface area contributed by atoms with Crippen LogP contribution in [0.25, 0.3) is 0 Å². The molecule has 0 radical (unpaired) electrons. The minimum Gasteiger partial charge on any atom is -0.508 e. The van der Waals surface area contributed by atoms with Gasteiger partial charge >= 0.3 is 11.9 Å². The van der Waals surface area contributed by atoms with Gasteiger partial charge in [0.2, 0.25) is 53.2 Å². The average molecular weight is 1380 g/mol. The molecule has 33 heteroatoms. The van der Waals surface area contributed by atoms with Crippen molar-refractivity contribution in [2.24, 2.45) is 16.5 Å². The van der Waals surface area contributed by atoms with E-state index < -0.39 is 143 Å². The van der Waals surface area contributed by atoms with Crippen LogP contribution in [0.5, 0.6) is 23.0 Å². The molecule has 3 aliphatic heterocycles. The molecule has 7 rings (SSSR count). The van der Waals surface area contributed by atoms with Crippen molar-refractivity contribution >= 4 is 112 Å². The number of hydrogen-bond donors (Lipinski definition) is 15. The van der Waals surface area contributed by atoms with Crippen LogP contribution in [-0.2, 0) is 64.7 Å². The summed E-state index contributed by atoms with van der Waals surface area (Å²) in [5, 5.41) is 56.6. The zero-order chi connectivity index (χ0) is 69.6. The van der Waals surface area contributed by atoms with Crippen molar-refractivity contribution in [1.82, 2.24) is 53.2 Å². The molecule has 96 heavy (non-hydrogen) atoms. The standard InChI is InChI=1S/C63H77N13O17S3/c1-4-66-55(85)45(29-94-2)74-57(87)43(23-33-11-6-5-7-12-33)73-60(90)47-31-96-32-51(80)70-42(56(86)75-46(30-95-3)59(89)72-41(14-10-22-68-62(64)65)54(84)69-28-50(79)71-44(27-52(81)82)58(88)76-47)13-8-9-21-67-53(83)34-15-18-37-40(24-34)63(93-61(37)91)38-19-16-35(77)25-48(38)92-49-26-36(78)17-20-39(49)63/h5-7,11-12,15-20,24-26,41-47,77-78H,4,8-10,13-14,21-23,27-32H2,1-3H3,(H,66,85)(H,67,83)(H,69,84)(H,70,80)(H,71,79)(H,72,89)(H,73,90)(H,74,87)(H,75,86)(H,76,88)(H,81,82)(H4,64,65,68)/t41-,42-,43-,44-,45?,46-,47-/m0/s1. The summed E-state index contributed by atoms with van der Waals surface area (Å²) in [4.78, 5) is 170. The highest BCUT2D eigenvalue weighted by Gasteiger charge is 2.54. The predicted octanol–water partition coefficient (Wildman–Crippen LogP) is -0.544. The molecule has 0 saturated carbocycles. The van der Waals surface area contributed by atoms with Crippen LogP contribution < -0.4 is 69.4 Å². The molecule has 1 spiro atoms. The number of aliphatic carboxylic acids is 1. The second kappa shape index (κ2) is 35.1. The Balaban J connectivity index is 1.14. The first-order chi connectivity index (χ1) is 45.9. The molecule has 1 fully saturated rings. The van der Waals surface area contributed by atoms with Gasteiger partial charge in [0.1, 0.15) is 65.3 Å². The van der Waals surface area contributed by atoms with Gasteiger partial charge < -0.3 is 89.4 Å². The second-order valence-corrected chi connectivity index (χ2v) is 25.2. The monoisotopic (exact) mass is 1380 g/mol. The van der Waals surface area contributed by atoms with E-state index in [4.69, 9.17) is 20.9 Å². The molecule has 0 bridgehead atoms. The third kappa shape index (κ3) is 19.9. The third-order valence-corrected chi connectivity index (χ3v) is 17.6. The number of rotatable bonds is 24. The first-order valence-corrected chi connectivity index (χ1v) is 34.4. The van der Waals surface area contributed by atoms with Gasteiger partial charge in [-0.05, 0) is 99.6 Å². The Morgan fingerprint density at radius 2 is 1.34 bits per heavy atom. The van der Waals surface area contributed by atoms with Crippen molar-refractivity contribution in [2.75, 3.05) is 61.7 Å². The van der Waals surface area contributed by atoms with Crippen LogP contribution in [0, 0.1) is 0 Å². The number of fused-ring (bicyclic) bond motifs is 6. The molecule has 10 amide bonds. The van der Waals surface area contributed by atoms with Crippen LogP contribution in [0.2, 0.25) is 0 Å². The summed E-state index contributed by atoms with van der Waals surface area (Å²) in [5.74, 6) is -11.9. The van der Waals surface area contributed by atoms with Crippen molar-refractivity contribution in [1.29, 1.82) is 0 Å². The number of ether oxygens (including phenoxy) is 2. The Hall–Kier alpha value is -9.76. The number of guanidine groups is 1. The van der Waals surface area contributed by atoms with E-state index in [1.165, 1.54) is 66.4 Å². The lowest BCUT2D eigenvalue weighted by atomic mass is 9.77. The number of unbranched alkanes of at least 4 members (excludes halogenated alkanes) is 1. The maximum atomic E-state index is 14.6. The molecular formula is C63H77N13O17S3. The van der Waals surface area contributed by atoms with Gasteiger partial charge in [0.15, 0.2) is 11.6 Å². The van der Waals surface area contributed by atoms with Crippen molar-refractivity contribution < 1.29 is 82.3 Å². The lowest BCUT2D eigenvalue weighted by Crippen LogP contribution is -2.60. The highest BCUT2D eigenvalue weighted by Crippen LogP contribution is 2.57. The van der Waals surface area contributed by atoms with Gasteiger partial charge in [-0.3, -0.25) is 57.7 Å². The van der Waals surface area contributed by atoms with E-state index in [9.17, 15) is 72.9 Å². The number of likely N-dealkylation sites (N-methyl/N-ethyl adjacent to an activating group) is 1. The Morgan fingerprint density at radius 1 is 0.698 bits per heavy atom. The quantitative estimate of drug-likeness (QED) is 0.0181. The smallest absolute Gasteiger partial charge is 0.340 e. The van der Waals surface area contributed by atoms with Gasteiger partial charge in [-0.15, -0.1) is 11.8 Å². The summed E-state index contributed by atoms with van der Waals surface area (Å²) in [6.07, 6.45) is 2.49. The zero-order valence-electron chi connectivity index (χ0n) is 52.6. The number of aliphatic imine (C=N–C) groups is 1. The number of benzene rings is 4. The number of nitrogens with one attached hydrogen (secondary N) is 10. The third-order valence-electron chi connectivity index (χ3n) is 15.3. The van der Waals surface area contributed by atoms with Crippen molar-refractivity contribution in [3.8, 4) is 23.0 Å². The number of carbonyl (C=O) groups excluding carboxylic acids is 11. The number of hydrogen-bond acceptors (Lipinski definition) is 20. The largest absolute Gasteiger partial charge is 0.508 e. The molecule has 3 heterocycles. The number of thioether (sulfide) groups is 3. The number of phenolic OH excluding ortho intramolecular Hbond substituents is 2. The predicted molar refractivity (Wildman–Crippen MR) is 356 cm³/mol. The number of carbonyl (C=O) groups is 12. The summed E-state index contributed by atoms with van der Waals surface area (Å²) in [7, 11) is 0. The van der Waals surface area contributed by atoms with Crippen molar-refractivity contribution in [3.63, 3.8) is 0 Å². The maximum Gasteiger partial charge on any atom is 0.340 e. The molecule has 4 aromatic rings. The SMILES string of the molecule is CCNC(=O)C(CSC)NC(=O)[C@H](Cc1ccccc1)NC(=O)[C@@H]1CSCC(=O)N[C@@H](CCCCNC(=O)c2ccc3c(c2)C2(OC3=O)c3ccc(O)cc3Oc3cc(O)ccc32)C(=O)N[C@@H](CSC)C(=O)N[C@@H](CCCN=C(N)N)C(=O)NCC(=O)N[C@@H](CC(=O)O)C(=O)N1. The van der Waals surface area contributed by atoms with Gasteiger partial charge in [-0.2, -0.15) is 23.5 Å². The highest BCUT2D eigenvalue weighted by atomic mass is 32.2. The molecule has 7 atom stereocenters. The summed E-state index contributed by atoms with van der Waals surface area (Å²) < 4.78 is 12.2. The molecule has 30 nitrogen and oxygen atoms in total. The van der Waals surface area contributed by atoms with Crippen LogP contribution in [-0.4, -0.2) is 196 Å². The Morgan fingerprint density at radius 3 is 2.00 bits per heavy atom. The lowest BCUT2D eigenvalue weighted by Gasteiger charge is -2.36. The molecular weight excluding hydrogens is 1310 g/mol. The van der Waals surface area contributed by atoms with Crippen molar-refractivity contribution in [2.45, 2.75) is 99.8 Å². The Kier molecular flexibility index (Phi) is 26.9. The normalized spacial score (nSPS) is 19.5. The van der Waals surface area contributed by atoms with Gasteiger partial charge in [-0.1, -0.05) is 30.3 Å². The van der Waals surface area contributed by atoms with Crippen LogP contribution in [0.3, 0.4) is 0 Å². The van der Waals surface area contributed by atoms with E-state index in [0.29, 0.717) is 16.7 Å². The van der Waals surface area contributed by atoms with Gasteiger partial charge in [-0.25, -0.2) is 4.79 Å². The molecule has 514 valence electrons. The number of carboxylic acids is 1. The molecule has 0 aliphatic carbocycles.